The van der Waals surface area contributed by atoms with Crippen molar-refractivity contribution < 1.29 is 30.6 Å². The summed E-state index contributed by atoms with van der Waals surface area (Å²) in [5.41, 5.74) is 15.0. The van der Waals surface area contributed by atoms with Gasteiger partial charge in [-0.3, -0.25) is 9.55 Å². The number of hydrogen-bond acceptors (Lipinski definition) is 4. The van der Waals surface area contributed by atoms with Crippen molar-refractivity contribution in [3.8, 4) is 67.5 Å². The Balaban J connectivity index is 0.00000567. The molecule has 0 fully saturated rings. The molecule has 70 heavy (non-hydrogen) atoms. The molecule has 0 bridgehead atoms. The summed E-state index contributed by atoms with van der Waals surface area (Å²) in [6.07, 6.45) is 1.87. The summed E-state index contributed by atoms with van der Waals surface area (Å²) in [4.78, 5) is 10.7. The fourth-order valence-corrected chi connectivity index (χ4v) is 9.82. The van der Waals surface area contributed by atoms with E-state index in [-0.39, 0.29) is 43.1 Å². The van der Waals surface area contributed by atoms with Gasteiger partial charge in [-0.1, -0.05) is 188 Å². The minimum atomic E-state index is -0.348. The van der Waals surface area contributed by atoms with E-state index in [0.29, 0.717) is 11.4 Å². The summed E-state index contributed by atoms with van der Waals surface area (Å²) < 4.78 is 9.03. The smallest absolute Gasteiger partial charge is 0.148 e. The van der Waals surface area contributed by atoms with Crippen molar-refractivity contribution in [1.82, 2.24) is 14.5 Å². The number of aromatic hydroxyl groups is 1. The molecule has 1 N–H and O–H groups in total. The number of nitrogens with zero attached hydrogens (tertiary/aromatic N) is 3. The van der Waals surface area contributed by atoms with Gasteiger partial charge in [0.25, 0.3) is 0 Å². The molecule has 0 aliphatic carbocycles. The van der Waals surface area contributed by atoms with Gasteiger partial charge in [-0.2, -0.15) is 0 Å². The Kier molecular flexibility index (Phi) is 11.6. The van der Waals surface area contributed by atoms with Crippen molar-refractivity contribution in [3.63, 3.8) is 0 Å². The average molecular weight is 1090 g/mol. The van der Waals surface area contributed by atoms with Gasteiger partial charge in [0.05, 0.1) is 22.3 Å². The van der Waals surface area contributed by atoms with Gasteiger partial charge >= 0.3 is 0 Å². The first-order chi connectivity index (χ1) is 33.0. The van der Waals surface area contributed by atoms with Crippen LogP contribution in [0.5, 0.6) is 5.75 Å². The summed E-state index contributed by atoms with van der Waals surface area (Å²) in [5.74, 6) is 0.895. The summed E-state index contributed by atoms with van der Waals surface area (Å²) >= 11 is 0. The van der Waals surface area contributed by atoms with Crippen molar-refractivity contribution in [2.45, 2.75) is 78.6 Å². The fraction of sp³-hybridized carbons (Fsp3) is 0.188. The van der Waals surface area contributed by atoms with Gasteiger partial charge < -0.3 is 9.52 Å². The Morgan fingerprint density at radius 2 is 1.17 bits per heavy atom. The normalized spacial score (nSPS) is 12.3. The van der Waals surface area contributed by atoms with E-state index in [2.05, 4.69) is 225 Å². The number of fused-ring (bicyclic) bond motifs is 5. The van der Waals surface area contributed by atoms with Crippen LogP contribution in [0.2, 0.25) is 0 Å². The predicted octanol–water partition coefficient (Wildman–Crippen LogP) is 17.2. The number of pyridine rings is 1. The Hall–Kier alpha value is -7.07. The fourth-order valence-electron chi connectivity index (χ4n) is 9.82. The number of aromatic nitrogens is 3. The van der Waals surface area contributed by atoms with Crippen LogP contribution >= 0.6 is 0 Å². The van der Waals surface area contributed by atoms with Crippen LogP contribution in [0, 0.1) is 6.07 Å². The van der Waals surface area contributed by atoms with E-state index < -0.39 is 0 Å². The Labute approximate surface area is 425 Å². The molecule has 6 heteroatoms. The maximum absolute atomic E-state index is 12.6. The minimum Gasteiger partial charge on any atom is -0.507 e. The topological polar surface area (TPSA) is 64.1 Å². The predicted molar refractivity (Wildman–Crippen MR) is 287 cm³/mol. The zero-order chi connectivity index (χ0) is 48.0. The molecule has 8 aromatic carbocycles. The van der Waals surface area contributed by atoms with E-state index in [9.17, 15) is 5.11 Å². The van der Waals surface area contributed by atoms with Crippen LogP contribution in [-0.4, -0.2) is 19.6 Å². The molecule has 11 aromatic rings. The number of rotatable bonds is 6. The third-order valence-electron chi connectivity index (χ3n) is 13.7. The van der Waals surface area contributed by atoms with Crippen LogP contribution in [0.15, 0.2) is 174 Å². The monoisotopic (exact) mass is 1090 g/mol. The number of para-hydroxylation sites is 1. The first-order valence-corrected chi connectivity index (χ1v) is 23.9. The number of benzene rings is 8. The number of hydrogen-bond donors (Lipinski definition) is 1. The molecule has 0 saturated carbocycles. The average Bonchev–Trinajstić information content (AvgIpc) is 3.91. The van der Waals surface area contributed by atoms with Crippen LogP contribution in [0.4, 0.5) is 0 Å². The van der Waals surface area contributed by atoms with Crippen LogP contribution in [0.1, 0.15) is 79.0 Å². The van der Waals surface area contributed by atoms with Gasteiger partial charge in [-0.25, -0.2) is 4.98 Å². The standard InChI is InChI=1S/C64H56N3O2.Pt/c1-62(2,3)46-27-28-54(50(36-46)40-21-14-11-15-22-40)67-55-26-18-25-48(58(55)66-61(67)52-37-47(63(4,5)6)38-53(59(52)68)64(7,8)9)44-31-43(39-19-12-10-13-20-39)32-45(33-44)57-60-49(29-30-65-57)51-34-41-23-16-17-24-42(41)35-56(51)69-60;/h10-32,34-38,68H,1-9H3;/q-1;. The molecule has 3 aromatic heterocycles. The molecule has 0 atom stereocenters. The van der Waals surface area contributed by atoms with Crippen molar-refractivity contribution in [2.75, 3.05) is 0 Å². The molecule has 0 saturated heterocycles. The molecular formula is C64H56N3O2Pt-. The quantitative estimate of drug-likeness (QED) is 0.169. The molecular weight excluding hydrogens is 1040 g/mol. The van der Waals surface area contributed by atoms with Gasteiger partial charge in [-0.15, -0.1) is 23.8 Å². The molecule has 0 amide bonds. The second-order valence-corrected chi connectivity index (χ2v) is 21.6. The van der Waals surface area contributed by atoms with E-state index in [0.717, 1.165) is 105 Å². The Bertz CT molecular complexity index is 3790. The SMILES string of the molecule is CC(C)(C)c1ccc(-n2c(-c3cc(C(C)(C)C)cc(C(C)(C)C)c3O)nc3c(-c4[c-]c(-c5nccc6c5oc5cc7ccccc7cc56)cc(-c5ccccc5)c4)cccc32)c(-c2ccccc2)c1.[Pt]. The maximum atomic E-state index is 12.6. The van der Waals surface area contributed by atoms with E-state index in [1.165, 1.54) is 5.56 Å². The van der Waals surface area contributed by atoms with E-state index >= 15 is 0 Å². The van der Waals surface area contributed by atoms with Crippen LogP contribution in [0.3, 0.4) is 0 Å². The summed E-state index contributed by atoms with van der Waals surface area (Å²) in [7, 11) is 0. The van der Waals surface area contributed by atoms with Crippen molar-refractivity contribution in [1.29, 1.82) is 0 Å². The molecule has 0 spiro atoms. The number of imidazole rings is 1. The Morgan fingerprint density at radius 3 is 1.86 bits per heavy atom. The first-order valence-electron chi connectivity index (χ1n) is 23.9. The van der Waals surface area contributed by atoms with Crippen molar-refractivity contribution >= 4 is 43.7 Å². The van der Waals surface area contributed by atoms with Gasteiger partial charge in [0.2, 0.25) is 0 Å². The van der Waals surface area contributed by atoms with Crippen LogP contribution in [0.25, 0.3) is 105 Å². The van der Waals surface area contributed by atoms with Crippen LogP contribution < -0.4 is 0 Å². The van der Waals surface area contributed by atoms with Crippen LogP contribution in [-0.2, 0) is 37.3 Å². The zero-order valence-corrected chi connectivity index (χ0v) is 43.5. The van der Waals surface area contributed by atoms with Gasteiger partial charge in [-0.05, 0) is 91.7 Å². The second-order valence-electron chi connectivity index (χ2n) is 21.6. The third-order valence-corrected chi connectivity index (χ3v) is 13.7. The third kappa shape index (κ3) is 8.24. The number of furan rings is 1. The molecule has 11 rings (SSSR count). The van der Waals surface area contributed by atoms with Crippen molar-refractivity contribution in [2.24, 2.45) is 0 Å². The summed E-state index contributed by atoms with van der Waals surface area (Å²) in [6.45, 7) is 19.9. The molecule has 5 nitrogen and oxygen atoms in total. The maximum Gasteiger partial charge on any atom is 0.148 e. The van der Waals surface area contributed by atoms with E-state index in [1.54, 1.807) is 0 Å². The van der Waals surface area contributed by atoms with Gasteiger partial charge in [0.15, 0.2) is 0 Å². The molecule has 3 heterocycles. The minimum absolute atomic E-state index is 0. The zero-order valence-electron chi connectivity index (χ0n) is 41.2. The Morgan fingerprint density at radius 1 is 0.529 bits per heavy atom. The van der Waals surface area contributed by atoms with Gasteiger partial charge in [0, 0.05) is 54.9 Å². The van der Waals surface area contributed by atoms with Gasteiger partial charge in [0.1, 0.15) is 22.7 Å². The number of phenolic OH excluding ortho intramolecular Hbond substituents is 1. The molecule has 0 radical (unpaired) electrons. The summed E-state index contributed by atoms with van der Waals surface area (Å²) in [5, 5.41) is 17.0. The first kappa shape index (κ1) is 46.6. The largest absolute Gasteiger partial charge is 0.507 e. The van der Waals surface area contributed by atoms with E-state index in [1.807, 2.05) is 18.3 Å². The summed E-state index contributed by atoms with van der Waals surface area (Å²) in [6, 6.07) is 61.6. The molecule has 0 aliphatic rings. The molecule has 0 aliphatic heterocycles. The molecule has 350 valence electrons. The molecule has 0 unspecified atom stereocenters. The number of phenols is 1. The van der Waals surface area contributed by atoms with E-state index in [4.69, 9.17) is 14.4 Å². The van der Waals surface area contributed by atoms with Crippen molar-refractivity contribution in [3.05, 3.63) is 193 Å². The second kappa shape index (κ2) is 17.4.